The molecule has 2 aromatic carbocycles. The van der Waals surface area contributed by atoms with E-state index in [-0.39, 0.29) is 17.1 Å². The van der Waals surface area contributed by atoms with Crippen LogP contribution in [0.25, 0.3) is 10.9 Å². The summed E-state index contributed by atoms with van der Waals surface area (Å²) in [7, 11) is 1.68. The zero-order chi connectivity index (χ0) is 25.4. The number of pyridine rings is 1. The largest absolute Gasteiger partial charge is 0.497 e. The molecule has 1 aliphatic rings. The van der Waals surface area contributed by atoms with Gasteiger partial charge < -0.3 is 14.6 Å². The molecule has 36 heavy (non-hydrogen) atoms. The van der Waals surface area contributed by atoms with Gasteiger partial charge in [0.2, 0.25) is 0 Å². The summed E-state index contributed by atoms with van der Waals surface area (Å²) in [6.45, 7) is 11.4. The zero-order valence-corrected chi connectivity index (χ0v) is 21.5. The Morgan fingerprint density at radius 3 is 2.39 bits per heavy atom. The molecule has 0 bridgehead atoms. The number of benzene rings is 2. The first kappa shape index (κ1) is 24.0. The smallest absolute Gasteiger partial charge is 0.253 e. The standard InChI is InChI=1S/C27H33N7O2/c1-18-6-7-19-17-22(26(35)28-23(19)16-18)24(25-29-30-31-34(25)27(2,3)4)33-14-12-32(13-15-33)20-8-10-21(36-5)11-9-20/h6-11,16-17,24H,12-15H2,1-5H3,(H,28,35)/t24-/m1/s1. The lowest BCUT2D eigenvalue weighted by atomic mass is 10.0. The number of piperazine rings is 1. The Morgan fingerprint density at radius 1 is 1.00 bits per heavy atom. The van der Waals surface area contributed by atoms with Crippen LogP contribution in [0, 0.1) is 6.92 Å². The normalized spacial score (nSPS) is 15.9. The van der Waals surface area contributed by atoms with Gasteiger partial charge in [-0.2, -0.15) is 0 Å². The fourth-order valence-corrected chi connectivity index (χ4v) is 4.91. The van der Waals surface area contributed by atoms with Crippen molar-refractivity contribution in [2.75, 3.05) is 38.2 Å². The number of rotatable bonds is 5. The van der Waals surface area contributed by atoms with E-state index in [1.807, 2.05) is 35.9 Å². The summed E-state index contributed by atoms with van der Waals surface area (Å²) in [5.41, 5.74) is 3.31. The summed E-state index contributed by atoms with van der Waals surface area (Å²) in [6, 6.07) is 15.9. The van der Waals surface area contributed by atoms with E-state index in [2.05, 4.69) is 75.3 Å². The summed E-state index contributed by atoms with van der Waals surface area (Å²) in [5.74, 6) is 1.52. The van der Waals surface area contributed by atoms with Crippen molar-refractivity contribution in [2.24, 2.45) is 0 Å². The van der Waals surface area contributed by atoms with Crippen LogP contribution in [0.3, 0.4) is 0 Å². The highest BCUT2D eigenvalue weighted by Crippen LogP contribution is 2.31. The molecule has 5 rings (SSSR count). The van der Waals surface area contributed by atoms with Crippen molar-refractivity contribution < 1.29 is 4.74 Å². The van der Waals surface area contributed by atoms with Crippen LogP contribution in [0.15, 0.2) is 53.3 Å². The number of methoxy groups -OCH3 is 1. The molecule has 1 saturated heterocycles. The van der Waals surface area contributed by atoms with E-state index < -0.39 is 0 Å². The van der Waals surface area contributed by atoms with Crippen molar-refractivity contribution in [3.63, 3.8) is 0 Å². The number of nitrogens with one attached hydrogen (secondary N) is 1. The Balaban J connectivity index is 1.52. The van der Waals surface area contributed by atoms with Gasteiger partial charge in [0.1, 0.15) is 11.8 Å². The predicted molar refractivity (Wildman–Crippen MR) is 141 cm³/mol. The van der Waals surface area contributed by atoms with Gasteiger partial charge in [0.05, 0.1) is 12.6 Å². The summed E-state index contributed by atoms with van der Waals surface area (Å²) < 4.78 is 7.14. The van der Waals surface area contributed by atoms with Crippen LogP contribution >= 0.6 is 0 Å². The van der Waals surface area contributed by atoms with Crippen LogP contribution in [0.4, 0.5) is 5.69 Å². The van der Waals surface area contributed by atoms with Crippen molar-refractivity contribution in [1.29, 1.82) is 0 Å². The Kier molecular flexibility index (Phi) is 6.26. The summed E-state index contributed by atoms with van der Waals surface area (Å²) in [6.07, 6.45) is 0. The number of hydrogen-bond donors (Lipinski definition) is 1. The van der Waals surface area contributed by atoms with Crippen LogP contribution in [-0.4, -0.2) is 63.4 Å². The van der Waals surface area contributed by atoms with Crippen molar-refractivity contribution in [1.82, 2.24) is 30.1 Å². The average Bonchev–Trinajstić information content (AvgIpc) is 3.35. The Labute approximate surface area is 210 Å². The van der Waals surface area contributed by atoms with E-state index in [9.17, 15) is 4.79 Å². The monoisotopic (exact) mass is 487 g/mol. The minimum absolute atomic E-state index is 0.112. The number of hydrogen-bond acceptors (Lipinski definition) is 7. The quantitative estimate of drug-likeness (QED) is 0.461. The molecule has 0 unspecified atom stereocenters. The minimum atomic E-state index is -0.369. The summed E-state index contributed by atoms with van der Waals surface area (Å²) in [4.78, 5) is 21.2. The zero-order valence-electron chi connectivity index (χ0n) is 21.5. The third-order valence-electron chi connectivity index (χ3n) is 6.82. The van der Waals surface area contributed by atoms with Gasteiger partial charge >= 0.3 is 0 Å². The fraction of sp³-hybridized carbons (Fsp3) is 0.407. The van der Waals surface area contributed by atoms with Gasteiger partial charge in [0.25, 0.3) is 5.56 Å². The molecule has 2 aromatic heterocycles. The first-order valence-corrected chi connectivity index (χ1v) is 12.3. The maximum atomic E-state index is 13.4. The molecule has 9 nitrogen and oxygen atoms in total. The molecule has 9 heteroatoms. The highest BCUT2D eigenvalue weighted by molar-refractivity contribution is 5.79. The van der Waals surface area contributed by atoms with E-state index in [0.29, 0.717) is 11.4 Å². The van der Waals surface area contributed by atoms with Crippen LogP contribution in [-0.2, 0) is 5.54 Å². The molecule has 0 amide bonds. The third-order valence-corrected chi connectivity index (χ3v) is 6.82. The highest BCUT2D eigenvalue weighted by Gasteiger charge is 2.35. The lowest BCUT2D eigenvalue weighted by Crippen LogP contribution is -2.49. The molecule has 1 N–H and O–H groups in total. The molecule has 0 spiro atoms. The van der Waals surface area contributed by atoms with Gasteiger partial charge in [0, 0.05) is 42.9 Å². The molecule has 0 aliphatic carbocycles. The van der Waals surface area contributed by atoms with Gasteiger partial charge in [-0.15, -0.1) is 5.10 Å². The molecule has 1 aliphatic heterocycles. The molecule has 1 atom stereocenters. The van der Waals surface area contributed by atoms with E-state index in [1.54, 1.807) is 7.11 Å². The number of nitrogens with zero attached hydrogens (tertiary/aromatic N) is 6. The molecule has 1 fully saturated rings. The van der Waals surface area contributed by atoms with Gasteiger partial charge in [-0.05, 0) is 85.5 Å². The predicted octanol–water partition coefficient (Wildman–Crippen LogP) is 3.50. The van der Waals surface area contributed by atoms with Crippen LogP contribution in [0.5, 0.6) is 5.75 Å². The third kappa shape index (κ3) is 4.58. The number of fused-ring (bicyclic) bond motifs is 1. The van der Waals surface area contributed by atoms with E-state index in [4.69, 9.17) is 4.74 Å². The van der Waals surface area contributed by atoms with Crippen molar-refractivity contribution >= 4 is 16.6 Å². The Morgan fingerprint density at radius 2 is 1.72 bits per heavy atom. The van der Waals surface area contributed by atoms with Crippen molar-refractivity contribution in [3.8, 4) is 5.75 Å². The molecular formula is C27H33N7O2. The first-order valence-electron chi connectivity index (χ1n) is 12.3. The number of anilines is 1. The van der Waals surface area contributed by atoms with Crippen molar-refractivity contribution in [3.05, 3.63) is 75.8 Å². The lowest BCUT2D eigenvalue weighted by Gasteiger charge is -2.40. The first-order chi connectivity index (χ1) is 17.2. The molecule has 188 valence electrons. The maximum absolute atomic E-state index is 13.4. The van der Waals surface area contributed by atoms with Gasteiger partial charge in [-0.3, -0.25) is 9.69 Å². The summed E-state index contributed by atoms with van der Waals surface area (Å²) >= 11 is 0. The second-order valence-electron chi connectivity index (χ2n) is 10.4. The number of aryl methyl sites for hydroxylation is 1. The van der Waals surface area contributed by atoms with E-state index in [1.165, 1.54) is 0 Å². The number of tetrazole rings is 1. The number of aromatic amines is 1. The SMILES string of the molecule is COc1ccc(N2CCN([C@H](c3cc4ccc(C)cc4[nH]c3=O)c3nnnn3C(C)(C)C)CC2)cc1. The topological polar surface area (TPSA) is 92.2 Å². The Hall–Kier alpha value is -3.72. The lowest BCUT2D eigenvalue weighted by molar-refractivity contribution is 0.190. The van der Waals surface area contributed by atoms with Gasteiger partial charge in [-0.25, -0.2) is 4.68 Å². The maximum Gasteiger partial charge on any atom is 0.253 e. The molecule has 0 radical (unpaired) electrons. The fourth-order valence-electron chi connectivity index (χ4n) is 4.91. The molecule has 3 heterocycles. The molecule has 4 aromatic rings. The van der Waals surface area contributed by atoms with Gasteiger partial charge in [0.15, 0.2) is 5.82 Å². The number of aromatic nitrogens is 5. The van der Waals surface area contributed by atoms with E-state index >= 15 is 0 Å². The van der Waals surface area contributed by atoms with Crippen molar-refractivity contribution in [2.45, 2.75) is 39.3 Å². The van der Waals surface area contributed by atoms with Crippen LogP contribution in [0.1, 0.15) is 43.8 Å². The average molecular weight is 488 g/mol. The highest BCUT2D eigenvalue weighted by atomic mass is 16.5. The summed E-state index contributed by atoms with van der Waals surface area (Å²) in [5, 5.41) is 13.8. The second kappa shape index (κ2) is 9.39. The van der Waals surface area contributed by atoms with Gasteiger partial charge in [-0.1, -0.05) is 12.1 Å². The van der Waals surface area contributed by atoms with Crippen LogP contribution in [0.2, 0.25) is 0 Å². The molecular weight excluding hydrogens is 454 g/mol. The number of H-pyrrole nitrogens is 1. The Bertz CT molecular complexity index is 1410. The van der Waals surface area contributed by atoms with Crippen LogP contribution < -0.4 is 15.2 Å². The second-order valence-corrected chi connectivity index (χ2v) is 10.4. The minimum Gasteiger partial charge on any atom is -0.497 e. The van der Waals surface area contributed by atoms with E-state index in [0.717, 1.165) is 54.1 Å². The number of ether oxygens (including phenoxy) is 1. The molecule has 0 saturated carbocycles.